The highest BCUT2D eigenvalue weighted by atomic mass is 19.1. The van der Waals surface area contributed by atoms with Gasteiger partial charge in [-0.25, -0.2) is 4.39 Å². The van der Waals surface area contributed by atoms with Crippen molar-refractivity contribution in [2.75, 3.05) is 0 Å². The summed E-state index contributed by atoms with van der Waals surface area (Å²) in [6.45, 7) is 1.60. The lowest BCUT2D eigenvalue weighted by Crippen LogP contribution is -2.12. The number of hydrogen-bond donors (Lipinski definition) is 1. The number of para-hydroxylation sites is 1. The van der Waals surface area contributed by atoms with Gasteiger partial charge >= 0.3 is 0 Å². The molecule has 0 radical (unpaired) electrons. The molecule has 0 aliphatic heterocycles. The Balaban J connectivity index is 3.02. The van der Waals surface area contributed by atoms with Crippen LogP contribution < -0.4 is 5.56 Å². The lowest BCUT2D eigenvalue weighted by molar-refractivity contribution is 0.603. The molecule has 1 heterocycles. The van der Waals surface area contributed by atoms with Crippen LogP contribution in [-0.2, 0) is 0 Å². The van der Waals surface area contributed by atoms with Crippen LogP contribution in [0.2, 0.25) is 0 Å². The maximum absolute atomic E-state index is 13.1. The number of H-pyrrole nitrogens is 1. The molecule has 0 amide bonds. The second-order valence-corrected chi connectivity index (χ2v) is 2.94. The van der Waals surface area contributed by atoms with Crippen molar-refractivity contribution in [2.24, 2.45) is 0 Å². The maximum Gasteiger partial charge on any atom is 0.284 e. The first-order chi connectivity index (χ1) is 6.20. The standard InChI is InChI=1S/C10H8FNO/c1-6-7-4-2-3-5-8(7)12-10(13)9(6)11/h2-5H,1H3,(H,12,13). The van der Waals surface area contributed by atoms with Crippen LogP contribution in [0.25, 0.3) is 10.9 Å². The van der Waals surface area contributed by atoms with Crippen molar-refractivity contribution >= 4 is 10.9 Å². The van der Waals surface area contributed by atoms with E-state index in [9.17, 15) is 9.18 Å². The summed E-state index contributed by atoms with van der Waals surface area (Å²) in [6.07, 6.45) is 0. The van der Waals surface area contributed by atoms with Gasteiger partial charge < -0.3 is 4.98 Å². The zero-order valence-corrected chi connectivity index (χ0v) is 7.10. The first-order valence-corrected chi connectivity index (χ1v) is 3.97. The van der Waals surface area contributed by atoms with Crippen molar-refractivity contribution < 1.29 is 4.39 Å². The summed E-state index contributed by atoms with van der Waals surface area (Å²) >= 11 is 0. The Hall–Kier alpha value is -1.64. The van der Waals surface area contributed by atoms with E-state index in [2.05, 4.69) is 4.98 Å². The predicted octanol–water partition coefficient (Wildman–Crippen LogP) is 1.98. The molecule has 1 aromatic carbocycles. The molecule has 0 saturated heterocycles. The van der Waals surface area contributed by atoms with Gasteiger partial charge in [0.25, 0.3) is 5.56 Å². The molecule has 0 aliphatic carbocycles. The van der Waals surface area contributed by atoms with Crippen molar-refractivity contribution in [3.63, 3.8) is 0 Å². The molecule has 66 valence electrons. The zero-order chi connectivity index (χ0) is 9.42. The molecule has 0 saturated carbocycles. The Morgan fingerprint density at radius 1 is 1.31 bits per heavy atom. The minimum Gasteiger partial charge on any atom is -0.319 e. The molecule has 2 rings (SSSR count). The lowest BCUT2D eigenvalue weighted by atomic mass is 10.1. The van der Waals surface area contributed by atoms with Crippen LogP contribution in [0.4, 0.5) is 4.39 Å². The summed E-state index contributed by atoms with van der Waals surface area (Å²) in [7, 11) is 0. The van der Waals surface area contributed by atoms with Crippen LogP contribution in [0.15, 0.2) is 29.1 Å². The summed E-state index contributed by atoms with van der Waals surface area (Å²) in [4.78, 5) is 13.5. The van der Waals surface area contributed by atoms with Gasteiger partial charge in [-0.1, -0.05) is 18.2 Å². The van der Waals surface area contributed by atoms with E-state index in [1.807, 2.05) is 6.07 Å². The second-order valence-electron chi connectivity index (χ2n) is 2.94. The third kappa shape index (κ3) is 1.13. The fourth-order valence-corrected chi connectivity index (χ4v) is 1.38. The highest BCUT2D eigenvalue weighted by Gasteiger charge is 2.06. The van der Waals surface area contributed by atoms with Crippen molar-refractivity contribution in [2.45, 2.75) is 6.92 Å². The largest absolute Gasteiger partial charge is 0.319 e. The van der Waals surface area contributed by atoms with E-state index < -0.39 is 11.4 Å². The van der Waals surface area contributed by atoms with Gasteiger partial charge in [-0.05, 0) is 18.6 Å². The third-order valence-corrected chi connectivity index (χ3v) is 2.11. The minimum atomic E-state index is -0.696. The highest BCUT2D eigenvalue weighted by molar-refractivity contribution is 5.81. The van der Waals surface area contributed by atoms with Gasteiger partial charge in [0.2, 0.25) is 0 Å². The minimum absolute atomic E-state index is 0.402. The number of hydrogen-bond acceptors (Lipinski definition) is 1. The lowest BCUT2D eigenvalue weighted by Gasteiger charge is -2.01. The third-order valence-electron chi connectivity index (χ3n) is 2.11. The molecule has 2 nitrogen and oxygen atoms in total. The molecule has 2 aromatic rings. The van der Waals surface area contributed by atoms with Gasteiger partial charge in [0.05, 0.1) is 0 Å². The van der Waals surface area contributed by atoms with Gasteiger partial charge in [-0.2, -0.15) is 0 Å². The van der Waals surface area contributed by atoms with Gasteiger partial charge in [-0.15, -0.1) is 0 Å². The van der Waals surface area contributed by atoms with E-state index in [0.717, 1.165) is 5.39 Å². The topological polar surface area (TPSA) is 32.9 Å². The number of benzene rings is 1. The second kappa shape index (κ2) is 2.69. The smallest absolute Gasteiger partial charge is 0.284 e. The van der Waals surface area contributed by atoms with E-state index in [1.165, 1.54) is 0 Å². The molecule has 1 aromatic heterocycles. The Bertz CT molecular complexity index is 516. The molecule has 0 atom stereocenters. The van der Waals surface area contributed by atoms with Crippen molar-refractivity contribution in [3.05, 3.63) is 46.0 Å². The summed E-state index contributed by atoms with van der Waals surface area (Å²) in [5, 5.41) is 0.750. The first-order valence-electron chi connectivity index (χ1n) is 3.97. The van der Waals surface area contributed by atoms with Crippen LogP contribution in [0, 0.1) is 12.7 Å². The fraction of sp³-hybridized carbons (Fsp3) is 0.100. The number of fused-ring (bicyclic) bond motifs is 1. The number of aromatic nitrogens is 1. The number of aryl methyl sites for hydroxylation is 1. The normalized spacial score (nSPS) is 10.6. The molecule has 1 N–H and O–H groups in total. The molecule has 3 heteroatoms. The molecule has 0 unspecified atom stereocenters. The van der Waals surface area contributed by atoms with E-state index in [4.69, 9.17) is 0 Å². The number of aromatic amines is 1. The van der Waals surface area contributed by atoms with Crippen molar-refractivity contribution in [1.29, 1.82) is 0 Å². The van der Waals surface area contributed by atoms with Crippen LogP contribution in [0.1, 0.15) is 5.56 Å². The van der Waals surface area contributed by atoms with E-state index in [0.29, 0.717) is 11.1 Å². The summed E-state index contributed by atoms with van der Waals surface area (Å²) in [6, 6.07) is 7.15. The van der Waals surface area contributed by atoms with Gasteiger partial charge in [-0.3, -0.25) is 4.79 Å². The molecule has 0 aliphatic rings. The first kappa shape index (κ1) is 7.98. The Morgan fingerprint density at radius 2 is 2.00 bits per heavy atom. The predicted molar refractivity (Wildman–Crippen MR) is 49.3 cm³/mol. The Labute approximate surface area is 74.0 Å². The molecular formula is C10H8FNO. The number of nitrogens with one attached hydrogen (secondary N) is 1. The van der Waals surface area contributed by atoms with Gasteiger partial charge in [0.15, 0.2) is 5.82 Å². The monoisotopic (exact) mass is 177 g/mol. The van der Waals surface area contributed by atoms with E-state index in [-0.39, 0.29) is 0 Å². The summed E-state index contributed by atoms with van der Waals surface area (Å²) < 4.78 is 13.1. The average molecular weight is 177 g/mol. The van der Waals surface area contributed by atoms with Crippen LogP contribution >= 0.6 is 0 Å². The molecule has 0 fully saturated rings. The molecule has 13 heavy (non-hydrogen) atoms. The number of halogens is 1. The van der Waals surface area contributed by atoms with E-state index >= 15 is 0 Å². The fourth-order valence-electron chi connectivity index (χ4n) is 1.38. The van der Waals surface area contributed by atoms with Crippen LogP contribution in [-0.4, -0.2) is 4.98 Å². The Kier molecular flexibility index (Phi) is 1.65. The van der Waals surface area contributed by atoms with Gasteiger partial charge in [0, 0.05) is 10.9 Å². The van der Waals surface area contributed by atoms with Crippen molar-refractivity contribution in [1.82, 2.24) is 4.98 Å². The van der Waals surface area contributed by atoms with Crippen molar-refractivity contribution in [3.8, 4) is 0 Å². The highest BCUT2D eigenvalue weighted by Crippen LogP contribution is 2.15. The SMILES string of the molecule is Cc1c(F)c(=O)[nH]c2ccccc12. The number of pyridine rings is 1. The average Bonchev–Trinajstić information content (AvgIpc) is 2.15. The van der Waals surface area contributed by atoms with Crippen LogP contribution in [0.5, 0.6) is 0 Å². The zero-order valence-electron chi connectivity index (χ0n) is 7.10. The molecule has 0 bridgehead atoms. The quantitative estimate of drug-likeness (QED) is 0.655. The maximum atomic E-state index is 13.1. The van der Waals surface area contributed by atoms with E-state index in [1.54, 1.807) is 25.1 Å². The molecular weight excluding hydrogens is 169 g/mol. The molecule has 0 spiro atoms. The van der Waals surface area contributed by atoms with Gasteiger partial charge in [0.1, 0.15) is 0 Å². The summed E-state index contributed by atoms with van der Waals surface area (Å²) in [5.41, 5.74) is 0.418. The Morgan fingerprint density at radius 3 is 2.77 bits per heavy atom. The van der Waals surface area contributed by atoms with Crippen LogP contribution in [0.3, 0.4) is 0 Å². The number of rotatable bonds is 0. The summed E-state index contributed by atoms with van der Waals surface area (Å²) in [5.74, 6) is -0.696.